The van der Waals surface area contributed by atoms with Crippen LogP contribution in [0.15, 0.2) is 200 Å². The van der Waals surface area contributed by atoms with Crippen LogP contribution in [0.3, 0.4) is 0 Å². The molecule has 0 radical (unpaired) electrons. The van der Waals surface area contributed by atoms with Gasteiger partial charge < -0.3 is 28.1 Å². The zero-order valence-electron chi connectivity index (χ0n) is 37.5. The van der Waals surface area contributed by atoms with Gasteiger partial charge in [-0.1, -0.05) is 109 Å². The molecule has 325 valence electrons. The minimum absolute atomic E-state index is 0.585. The van der Waals surface area contributed by atoms with Gasteiger partial charge in [0.05, 0.1) is 73.5 Å². The molecule has 0 fully saturated rings. The van der Waals surface area contributed by atoms with Crippen LogP contribution in [0.1, 0.15) is 5.56 Å². The summed E-state index contributed by atoms with van der Waals surface area (Å²) in [5.74, 6) is 3.04. The number of benzene rings is 9. The molecular weight excluding hydrogens is 843 g/mol. The van der Waals surface area contributed by atoms with Crippen molar-refractivity contribution < 1.29 is 18.9 Å². The van der Waals surface area contributed by atoms with E-state index >= 15 is 0 Å². The van der Waals surface area contributed by atoms with Crippen LogP contribution >= 0.6 is 0 Å². The molecule has 0 saturated carbocycles. The summed E-state index contributed by atoms with van der Waals surface area (Å²) in [7, 11) is 3.54. The van der Waals surface area contributed by atoms with Crippen molar-refractivity contribution in [3.63, 3.8) is 0 Å². The minimum Gasteiger partial charge on any atom is -0.497 e. The van der Waals surface area contributed by atoms with Gasteiger partial charge in [0, 0.05) is 21.5 Å². The average Bonchev–Trinajstić information content (AvgIpc) is 3.90. The summed E-state index contributed by atoms with van der Waals surface area (Å²) in [5.41, 5.74) is 8.48. The predicted molar refractivity (Wildman–Crippen MR) is 275 cm³/mol. The summed E-state index contributed by atoms with van der Waals surface area (Å²) < 4.78 is 28.2. The molecule has 0 aliphatic rings. The number of hydrogen-bond acceptors (Lipinski definition) is 5. The Balaban J connectivity index is 1.41. The third-order valence-electron chi connectivity index (χ3n) is 13.3. The highest BCUT2D eigenvalue weighted by molar-refractivity contribution is 7.20. The van der Waals surface area contributed by atoms with Gasteiger partial charge in [-0.05, 0) is 110 Å². The lowest BCUT2D eigenvalue weighted by Crippen LogP contribution is -2.75. The second-order valence-electron chi connectivity index (χ2n) is 16.6. The van der Waals surface area contributed by atoms with Crippen molar-refractivity contribution >= 4 is 72.4 Å². The number of nitriles is 1. The van der Waals surface area contributed by atoms with Gasteiger partial charge in [-0.25, -0.2) is 0 Å². The van der Waals surface area contributed by atoms with Crippen molar-refractivity contribution in [3.05, 3.63) is 206 Å². The fourth-order valence-electron chi connectivity index (χ4n) is 10.3. The Kier molecular flexibility index (Phi) is 10.3. The normalized spacial score (nSPS) is 11.6. The maximum atomic E-state index is 10.5. The van der Waals surface area contributed by atoms with E-state index in [9.17, 15) is 5.26 Å². The Morgan fingerprint density at radius 2 is 0.761 bits per heavy atom. The van der Waals surface area contributed by atoms with Crippen LogP contribution in [0, 0.1) is 11.3 Å². The molecule has 0 amide bonds. The van der Waals surface area contributed by atoms with Crippen LogP contribution in [0.25, 0.3) is 66.1 Å². The lowest BCUT2D eigenvalue weighted by atomic mass is 10.0. The summed E-state index contributed by atoms with van der Waals surface area (Å²) in [6.07, 6.45) is 0. The zero-order valence-corrected chi connectivity index (χ0v) is 38.5. The molecule has 9 aromatic carbocycles. The van der Waals surface area contributed by atoms with Crippen molar-refractivity contribution in [3.8, 4) is 51.6 Å². The van der Waals surface area contributed by atoms with Gasteiger partial charge in [0.2, 0.25) is 0 Å². The highest BCUT2D eigenvalue weighted by atomic mass is 28.3. The molecule has 0 aliphatic carbocycles. The van der Waals surface area contributed by atoms with Crippen molar-refractivity contribution in [2.75, 3.05) is 28.4 Å². The minimum atomic E-state index is -3.28. The largest absolute Gasteiger partial charge is 0.497 e. The predicted octanol–water partition coefficient (Wildman–Crippen LogP) is 10.8. The van der Waals surface area contributed by atoms with Gasteiger partial charge in [0.25, 0.3) is 0 Å². The number of nitrogens with zero attached hydrogens (tertiary/aromatic N) is 3. The fraction of sp³-hybridized carbons (Fsp3) is 0.0678. The molecule has 0 bridgehead atoms. The second kappa shape index (κ2) is 16.8. The van der Waals surface area contributed by atoms with Crippen LogP contribution in [0.5, 0.6) is 23.0 Å². The van der Waals surface area contributed by atoms with Gasteiger partial charge in [-0.15, -0.1) is 0 Å². The van der Waals surface area contributed by atoms with Crippen LogP contribution in [-0.4, -0.2) is 45.6 Å². The number of fused-ring (bicyclic) bond motifs is 6. The van der Waals surface area contributed by atoms with E-state index in [1.165, 1.54) is 20.7 Å². The van der Waals surface area contributed by atoms with E-state index in [-0.39, 0.29) is 0 Å². The van der Waals surface area contributed by atoms with E-state index in [0.717, 1.165) is 89.1 Å². The summed E-state index contributed by atoms with van der Waals surface area (Å²) in [5, 5.41) is 19.4. The molecule has 67 heavy (non-hydrogen) atoms. The average molecular weight is 888 g/mol. The first-order chi connectivity index (χ1) is 33.0. The van der Waals surface area contributed by atoms with Crippen molar-refractivity contribution in [2.24, 2.45) is 0 Å². The van der Waals surface area contributed by atoms with E-state index in [1.54, 1.807) is 28.4 Å². The Hall–Kier alpha value is -8.51. The molecule has 0 unspecified atom stereocenters. The number of aromatic nitrogens is 2. The van der Waals surface area contributed by atoms with Crippen LogP contribution in [0.4, 0.5) is 0 Å². The molecule has 2 aromatic heterocycles. The van der Waals surface area contributed by atoms with Crippen molar-refractivity contribution in [1.82, 2.24) is 9.13 Å². The van der Waals surface area contributed by atoms with Crippen LogP contribution in [0.2, 0.25) is 0 Å². The van der Waals surface area contributed by atoms with E-state index in [1.807, 2.05) is 42.5 Å². The Bertz CT molecular complexity index is 3490. The van der Waals surface area contributed by atoms with Gasteiger partial charge >= 0.3 is 0 Å². The van der Waals surface area contributed by atoms with Crippen molar-refractivity contribution in [2.45, 2.75) is 0 Å². The molecule has 11 rings (SSSR count). The number of ether oxygens (including phenoxy) is 4. The summed E-state index contributed by atoms with van der Waals surface area (Å²) in [4.78, 5) is 0. The number of methoxy groups -OCH3 is 4. The van der Waals surface area contributed by atoms with Gasteiger partial charge in [0.15, 0.2) is 0 Å². The highest BCUT2D eigenvalue weighted by Gasteiger charge is 2.33. The Labute approximate surface area is 389 Å². The first-order valence-corrected chi connectivity index (χ1v) is 24.2. The smallest absolute Gasteiger partial charge is 0.119 e. The molecule has 2 heterocycles. The third kappa shape index (κ3) is 6.62. The first-order valence-electron chi connectivity index (χ1n) is 22.2. The SMILES string of the molecule is COc1ccc2c(c1)c1cc(OC)ccc1n2-c1cc(-c2cccc(C#N)c2)c([Si-](c2ccccc2)(c2ccccc2)c2ccccc2)cc1-n1c2ccc(OC)cc2c2cc(OC)ccc21. The number of rotatable bonds is 11. The van der Waals surface area contributed by atoms with Crippen LogP contribution in [-0.2, 0) is 0 Å². The lowest BCUT2D eigenvalue weighted by Gasteiger charge is -2.49. The molecule has 0 spiro atoms. The van der Waals surface area contributed by atoms with E-state index in [4.69, 9.17) is 18.9 Å². The quantitative estimate of drug-likeness (QED) is 0.0956. The monoisotopic (exact) mass is 887 g/mol. The molecule has 0 aliphatic heterocycles. The molecule has 0 N–H and O–H groups in total. The van der Waals surface area contributed by atoms with Gasteiger partial charge in [0.1, 0.15) is 23.0 Å². The standard InChI is InChI=1S/C59H45N3O4Si/c1-63-41-23-27-53-49(32-41)50-33-42(64-2)24-28-54(50)61(53)57-36-48(40-16-14-15-39(31-40)38-60)59(67(45-17-8-5-9-18-45,46-19-10-6-11-20-46)47-21-12-7-13-22-47)37-58(57)62-55-29-25-43(65-3)34-51(55)52-35-44(66-4)26-30-56(52)62/h5-37H,1-4H3/q-1. The lowest BCUT2D eigenvalue weighted by molar-refractivity contribution is 0.415. The molecule has 0 atom stereocenters. The maximum Gasteiger partial charge on any atom is 0.119 e. The van der Waals surface area contributed by atoms with E-state index < -0.39 is 8.07 Å². The molecule has 7 nitrogen and oxygen atoms in total. The zero-order chi connectivity index (χ0) is 45.6. The summed E-state index contributed by atoms with van der Waals surface area (Å²) in [6.45, 7) is 0. The Morgan fingerprint density at radius 3 is 1.12 bits per heavy atom. The van der Waals surface area contributed by atoms with Crippen LogP contribution < -0.4 is 39.7 Å². The number of hydrogen-bond donors (Lipinski definition) is 0. The third-order valence-corrected chi connectivity index (χ3v) is 18.1. The fourth-order valence-corrected chi connectivity index (χ4v) is 15.2. The second-order valence-corrected chi connectivity index (χ2v) is 20.4. The highest BCUT2D eigenvalue weighted by Crippen LogP contribution is 2.43. The first kappa shape index (κ1) is 41.2. The topological polar surface area (TPSA) is 70.6 Å². The molecule has 8 heteroatoms. The Morgan fingerprint density at radius 1 is 0.388 bits per heavy atom. The molecule has 0 saturated heterocycles. The van der Waals surface area contributed by atoms with E-state index in [0.29, 0.717) is 5.56 Å². The van der Waals surface area contributed by atoms with Crippen molar-refractivity contribution in [1.29, 1.82) is 5.26 Å². The van der Waals surface area contributed by atoms with Gasteiger partial charge in [-0.2, -0.15) is 26.0 Å². The van der Waals surface area contributed by atoms with Gasteiger partial charge in [-0.3, -0.25) is 0 Å². The summed E-state index contributed by atoms with van der Waals surface area (Å²) in [6, 6.07) is 73.5. The van der Waals surface area contributed by atoms with E-state index in [2.05, 4.69) is 173 Å². The molecular formula is C59H45N3O4Si-. The summed E-state index contributed by atoms with van der Waals surface area (Å²) >= 11 is 0. The maximum absolute atomic E-state index is 10.5. The molecule has 11 aromatic rings.